The Hall–Kier alpha value is -2.77. The summed E-state index contributed by atoms with van der Waals surface area (Å²) >= 11 is 6.17. The smallest absolute Gasteiger partial charge is 0.130 e. The van der Waals surface area contributed by atoms with Crippen LogP contribution in [0.1, 0.15) is 28.7 Å². The zero-order valence-corrected chi connectivity index (χ0v) is 15.9. The van der Waals surface area contributed by atoms with E-state index in [1.807, 2.05) is 55.1 Å². The van der Waals surface area contributed by atoms with Gasteiger partial charge >= 0.3 is 0 Å². The van der Waals surface area contributed by atoms with Gasteiger partial charge in [-0.3, -0.25) is 4.68 Å². The summed E-state index contributed by atoms with van der Waals surface area (Å²) in [6.07, 6.45) is 2.41. The van der Waals surface area contributed by atoms with Crippen LogP contribution >= 0.6 is 11.6 Å². The Balaban J connectivity index is 1.61. The van der Waals surface area contributed by atoms with Crippen molar-refractivity contribution in [2.45, 2.75) is 25.9 Å². The van der Waals surface area contributed by atoms with E-state index in [4.69, 9.17) is 17.3 Å². The lowest BCUT2D eigenvalue weighted by Crippen LogP contribution is -2.14. The van der Waals surface area contributed by atoms with E-state index in [2.05, 4.69) is 20.4 Å². The van der Waals surface area contributed by atoms with Crippen LogP contribution in [0.15, 0.2) is 42.6 Å². The Labute approximate surface area is 161 Å². The maximum atomic E-state index is 6.34. The standard InChI is InChI=1S/C19H20ClN7/c1-12-16(9-15(21)13-6-4-3-5-7-13)24-25-27(12)11-17-19-14(8-18(20)23-17)10-22-26(19)2/h3-8,10,15H,9,11,21H2,1-2H3. The number of nitrogens with two attached hydrogens (primary N) is 1. The molecule has 27 heavy (non-hydrogen) atoms. The molecule has 4 aromatic rings. The van der Waals surface area contributed by atoms with E-state index >= 15 is 0 Å². The summed E-state index contributed by atoms with van der Waals surface area (Å²) in [5.41, 5.74) is 11.0. The molecule has 7 nitrogen and oxygen atoms in total. The summed E-state index contributed by atoms with van der Waals surface area (Å²) in [5, 5.41) is 14.3. The van der Waals surface area contributed by atoms with E-state index in [1.165, 1.54) is 0 Å². The van der Waals surface area contributed by atoms with Crippen LogP contribution in [0.5, 0.6) is 0 Å². The highest BCUT2D eigenvalue weighted by atomic mass is 35.5. The van der Waals surface area contributed by atoms with Gasteiger partial charge < -0.3 is 5.73 Å². The third-order valence-electron chi connectivity index (χ3n) is 4.78. The van der Waals surface area contributed by atoms with Crippen molar-refractivity contribution < 1.29 is 0 Å². The molecule has 3 aromatic heterocycles. The predicted octanol–water partition coefficient (Wildman–Crippen LogP) is 2.81. The lowest BCUT2D eigenvalue weighted by atomic mass is 10.0. The Morgan fingerprint density at radius 1 is 1.19 bits per heavy atom. The highest BCUT2D eigenvalue weighted by Gasteiger charge is 2.16. The second kappa shape index (κ2) is 7.09. The molecule has 8 heteroatoms. The first-order valence-electron chi connectivity index (χ1n) is 8.69. The lowest BCUT2D eigenvalue weighted by molar-refractivity contribution is 0.622. The summed E-state index contributed by atoms with van der Waals surface area (Å²) in [6.45, 7) is 2.47. The molecule has 138 valence electrons. The van der Waals surface area contributed by atoms with E-state index in [-0.39, 0.29) is 6.04 Å². The number of aromatic nitrogens is 6. The van der Waals surface area contributed by atoms with Crippen molar-refractivity contribution in [2.75, 3.05) is 0 Å². The zero-order chi connectivity index (χ0) is 19.0. The minimum Gasteiger partial charge on any atom is -0.324 e. The van der Waals surface area contributed by atoms with Crippen LogP contribution in [0.2, 0.25) is 5.15 Å². The van der Waals surface area contributed by atoms with Crippen LogP contribution in [0.3, 0.4) is 0 Å². The number of fused-ring (bicyclic) bond motifs is 1. The highest BCUT2D eigenvalue weighted by Crippen LogP contribution is 2.22. The summed E-state index contributed by atoms with van der Waals surface area (Å²) in [5.74, 6) is 0. The Morgan fingerprint density at radius 3 is 2.74 bits per heavy atom. The molecule has 2 N–H and O–H groups in total. The van der Waals surface area contributed by atoms with Crippen molar-refractivity contribution in [3.8, 4) is 0 Å². The van der Waals surface area contributed by atoms with Crippen LogP contribution in [-0.4, -0.2) is 29.8 Å². The van der Waals surface area contributed by atoms with Crippen molar-refractivity contribution in [2.24, 2.45) is 12.8 Å². The largest absolute Gasteiger partial charge is 0.324 e. The quantitative estimate of drug-likeness (QED) is 0.537. The second-order valence-corrected chi connectivity index (χ2v) is 6.99. The summed E-state index contributed by atoms with van der Waals surface area (Å²) in [6, 6.07) is 11.7. The fourth-order valence-corrected chi connectivity index (χ4v) is 3.49. The van der Waals surface area contributed by atoms with Gasteiger partial charge in [0.1, 0.15) is 5.15 Å². The molecule has 0 fully saturated rings. The molecule has 0 spiro atoms. The monoisotopic (exact) mass is 381 g/mol. The number of hydrogen-bond donors (Lipinski definition) is 1. The fraction of sp³-hybridized carbons (Fsp3) is 0.263. The van der Waals surface area contributed by atoms with Crippen LogP contribution in [0, 0.1) is 6.92 Å². The summed E-state index contributed by atoms with van der Waals surface area (Å²) in [4.78, 5) is 4.48. The SMILES string of the molecule is Cc1c(CC(N)c2ccccc2)nnn1Cc1nc(Cl)cc2cnn(C)c12. The minimum atomic E-state index is -0.122. The first kappa shape index (κ1) is 17.6. The maximum Gasteiger partial charge on any atom is 0.130 e. The molecule has 1 aromatic carbocycles. The third kappa shape index (κ3) is 3.43. The number of nitrogens with zero attached hydrogens (tertiary/aromatic N) is 6. The van der Waals surface area contributed by atoms with Crippen molar-refractivity contribution in [3.05, 3.63) is 70.4 Å². The van der Waals surface area contributed by atoms with Gasteiger partial charge in [0.2, 0.25) is 0 Å². The van der Waals surface area contributed by atoms with E-state index in [0.29, 0.717) is 18.1 Å². The summed E-state index contributed by atoms with van der Waals surface area (Å²) < 4.78 is 3.63. The molecule has 0 radical (unpaired) electrons. The molecule has 0 aliphatic heterocycles. The molecular formula is C19H20ClN7. The lowest BCUT2D eigenvalue weighted by Gasteiger charge is -2.11. The second-order valence-electron chi connectivity index (χ2n) is 6.60. The van der Waals surface area contributed by atoms with Crippen molar-refractivity contribution in [1.82, 2.24) is 29.8 Å². The van der Waals surface area contributed by atoms with Gasteiger partial charge in [-0.1, -0.05) is 47.1 Å². The molecule has 4 rings (SSSR count). The Bertz CT molecular complexity index is 1080. The van der Waals surface area contributed by atoms with Gasteiger partial charge in [-0.2, -0.15) is 5.10 Å². The molecule has 0 saturated carbocycles. The van der Waals surface area contributed by atoms with Gasteiger partial charge in [0, 0.05) is 24.9 Å². The summed E-state index contributed by atoms with van der Waals surface area (Å²) in [7, 11) is 1.89. The number of pyridine rings is 1. The van der Waals surface area contributed by atoms with Gasteiger partial charge in [0.25, 0.3) is 0 Å². The number of aryl methyl sites for hydroxylation is 1. The van der Waals surface area contributed by atoms with E-state index in [9.17, 15) is 0 Å². The number of halogens is 1. The zero-order valence-electron chi connectivity index (χ0n) is 15.2. The first-order chi connectivity index (χ1) is 13.0. The van der Waals surface area contributed by atoms with Gasteiger partial charge in [0.05, 0.1) is 35.3 Å². The van der Waals surface area contributed by atoms with Crippen LogP contribution in [0.25, 0.3) is 10.9 Å². The van der Waals surface area contributed by atoms with E-state index < -0.39 is 0 Å². The molecule has 3 heterocycles. The molecule has 0 aliphatic carbocycles. The van der Waals surface area contributed by atoms with Crippen molar-refractivity contribution in [1.29, 1.82) is 0 Å². The molecule has 0 bridgehead atoms. The van der Waals surface area contributed by atoms with Crippen molar-refractivity contribution >= 4 is 22.5 Å². The van der Waals surface area contributed by atoms with Gasteiger partial charge in [-0.25, -0.2) is 9.67 Å². The fourth-order valence-electron chi connectivity index (χ4n) is 3.27. The van der Waals surface area contributed by atoms with Crippen molar-refractivity contribution in [3.63, 3.8) is 0 Å². The normalized spacial score (nSPS) is 12.6. The van der Waals surface area contributed by atoms with Gasteiger partial charge in [0.15, 0.2) is 0 Å². The number of rotatable bonds is 5. The van der Waals surface area contributed by atoms with E-state index in [1.54, 1.807) is 10.9 Å². The molecule has 0 saturated heterocycles. The van der Waals surface area contributed by atoms with Crippen LogP contribution in [-0.2, 0) is 20.0 Å². The molecular weight excluding hydrogens is 362 g/mol. The van der Waals surface area contributed by atoms with E-state index in [0.717, 1.165) is 33.5 Å². The maximum absolute atomic E-state index is 6.34. The molecule has 1 unspecified atom stereocenters. The number of hydrogen-bond acceptors (Lipinski definition) is 5. The predicted molar refractivity (Wildman–Crippen MR) is 104 cm³/mol. The average molecular weight is 382 g/mol. The topological polar surface area (TPSA) is 87.4 Å². The minimum absolute atomic E-state index is 0.122. The Morgan fingerprint density at radius 2 is 1.96 bits per heavy atom. The highest BCUT2D eigenvalue weighted by molar-refractivity contribution is 6.30. The first-order valence-corrected chi connectivity index (χ1v) is 9.07. The Kier molecular flexibility index (Phi) is 4.63. The molecule has 0 amide bonds. The number of benzene rings is 1. The average Bonchev–Trinajstić information content (AvgIpc) is 3.19. The third-order valence-corrected chi connectivity index (χ3v) is 4.97. The molecule has 1 atom stereocenters. The van der Waals surface area contributed by atoms with Gasteiger partial charge in [-0.05, 0) is 18.6 Å². The van der Waals surface area contributed by atoms with Crippen LogP contribution in [0.4, 0.5) is 0 Å². The molecule has 0 aliphatic rings. The van der Waals surface area contributed by atoms with Crippen LogP contribution < -0.4 is 5.73 Å². The van der Waals surface area contributed by atoms with Gasteiger partial charge in [-0.15, -0.1) is 5.10 Å².